The Morgan fingerprint density at radius 3 is 3.13 bits per heavy atom. The number of nitriles is 1. The first-order valence-electron chi connectivity index (χ1n) is 7.56. The summed E-state index contributed by atoms with van der Waals surface area (Å²) in [6.07, 6.45) is 4.97. The molecule has 6 nitrogen and oxygen atoms in total. The molecule has 1 aliphatic heterocycles. The fourth-order valence-electron chi connectivity index (χ4n) is 2.81. The third-order valence-electron chi connectivity index (χ3n) is 4.06. The number of amides is 1. The summed E-state index contributed by atoms with van der Waals surface area (Å²) < 4.78 is 7.74. The van der Waals surface area contributed by atoms with Gasteiger partial charge < -0.3 is 14.6 Å². The Bertz CT molecular complexity index is 747. The lowest BCUT2D eigenvalue weighted by Gasteiger charge is -2.30. The number of hydrogen-bond donors (Lipinski definition) is 1. The average Bonchev–Trinajstić information content (AvgIpc) is 3.01. The van der Waals surface area contributed by atoms with Crippen LogP contribution in [-0.4, -0.2) is 28.1 Å². The van der Waals surface area contributed by atoms with Crippen LogP contribution in [0.25, 0.3) is 0 Å². The van der Waals surface area contributed by atoms with Crippen molar-refractivity contribution < 1.29 is 9.53 Å². The molecule has 1 fully saturated rings. The molecule has 0 radical (unpaired) electrons. The summed E-state index contributed by atoms with van der Waals surface area (Å²) in [6.45, 7) is 0.596. The van der Waals surface area contributed by atoms with Crippen molar-refractivity contribution in [2.24, 2.45) is 7.05 Å². The number of benzene rings is 1. The minimum absolute atomic E-state index is 0.0434. The van der Waals surface area contributed by atoms with Crippen molar-refractivity contribution in [2.75, 3.05) is 6.61 Å². The van der Waals surface area contributed by atoms with Gasteiger partial charge in [-0.1, -0.05) is 6.07 Å². The van der Waals surface area contributed by atoms with E-state index in [1.54, 1.807) is 36.8 Å². The Morgan fingerprint density at radius 1 is 1.52 bits per heavy atom. The van der Waals surface area contributed by atoms with Gasteiger partial charge in [-0.25, -0.2) is 4.98 Å². The second kappa shape index (κ2) is 6.63. The summed E-state index contributed by atoms with van der Waals surface area (Å²) in [5, 5.41) is 12.0. The van der Waals surface area contributed by atoms with Crippen LogP contribution in [-0.2, 0) is 11.8 Å². The van der Waals surface area contributed by atoms with Gasteiger partial charge in [0.25, 0.3) is 5.91 Å². The van der Waals surface area contributed by atoms with Crippen molar-refractivity contribution in [1.29, 1.82) is 5.26 Å². The maximum absolute atomic E-state index is 12.4. The molecule has 1 N–H and O–H groups in total. The van der Waals surface area contributed by atoms with Crippen LogP contribution in [0.5, 0.6) is 0 Å². The third kappa shape index (κ3) is 3.41. The van der Waals surface area contributed by atoms with Crippen LogP contribution in [0.1, 0.15) is 40.6 Å². The number of nitrogens with zero attached hydrogens (tertiary/aromatic N) is 3. The maximum atomic E-state index is 12.4. The summed E-state index contributed by atoms with van der Waals surface area (Å²) in [7, 11) is 1.93. The highest BCUT2D eigenvalue weighted by Gasteiger charge is 2.27. The highest BCUT2D eigenvalue weighted by Crippen LogP contribution is 2.27. The van der Waals surface area contributed by atoms with Gasteiger partial charge in [0.05, 0.1) is 29.9 Å². The van der Waals surface area contributed by atoms with Crippen molar-refractivity contribution in [1.82, 2.24) is 14.9 Å². The maximum Gasteiger partial charge on any atom is 0.251 e. The fourth-order valence-corrected chi connectivity index (χ4v) is 2.81. The standard InChI is InChI=1S/C17H18N4O2/c1-21-11-19-10-15(21)16-8-14(5-6-23-16)20-17(22)13-4-2-3-12(7-13)9-18/h2-4,7,10-11,14,16H,5-6,8H2,1H3,(H,20,22)/t14-,16+/m0/s1. The molecule has 2 heterocycles. The third-order valence-corrected chi connectivity index (χ3v) is 4.06. The highest BCUT2D eigenvalue weighted by molar-refractivity contribution is 5.94. The average molecular weight is 310 g/mol. The van der Waals surface area contributed by atoms with E-state index in [-0.39, 0.29) is 18.1 Å². The molecule has 1 saturated heterocycles. The SMILES string of the molecule is Cn1cncc1[C@H]1C[C@@H](NC(=O)c2cccc(C#N)c2)CCO1. The lowest BCUT2D eigenvalue weighted by atomic mass is 10.0. The zero-order chi connectivity index (χ0) is 16.2. The molecule has 0 bridgehead atoms. The van der Waals surface area contributed by atoms with Crippen LogP contribution >= 0.6 is 0 Å². The van der Waals surface area contributed by atoms with E-state index in [0.717, 1.165) is 12.1 Å². The van der Waals surface area contributed by atoms with E-state index < -0.39 is 0 Å². The molecule has 0 aliphatic carbocycles. The molecular formula is C17H18N4O2. The van der Waals surface area contributed by atoms with Gasteiger partial charge in [0, 0.05) is 25.3 Å². The smallest absolute Gasteiger partial charge is 0.251 e. The lowest BCUT2D eigenvalue weighted by molar-refractivity contribution is -0.00301. The number of nitrogens with one attached hydrogen (secondary N) is 1. The quantitative estimate of drug-likeness (QED) is 0.939. The second-order valence-electron chi connectivity index (χ2n) is 5.68. The van der Waals surface area contributed by atoms with Crippen molar-refractivity contribution in [3.8, 4) is 6.07 Å². The molecule has 0 spiro atoms. The topological polar surface area (TPSA) is 79.9 Å². The number of aryl methyl sites for hydroxylation is 1. The van der Waals surface area contributed by atoms with Crippen LogP contribution in [0, 0.1) is 11.3 Å². The molecule has 1 aliphatic rings. The predicted molar refractivity (Wildman–Crippen MR) is 83.5 cm³/mol. The zero-order valence-electron chi connectivity index (χ0n) is 12.9. The Kier molecular flexibility index (Phi) is 4.40. The van der Waals surface area contributed by atoms with Gasteiger partial charge in [-0.15, -0.1) is 0 Å². The molecule has 3 rings (SSSR count). The molecule has 1 aromatic heterocycles. The number of hydrogen-bond acceptors (Lipinski definition) is 4. The first-order valence-corrected chi connectivity index (χ1v) is 7.56. The van der Waals surface area contributed by atoms with E-state index >= 15 is 0 Å². The fraction of sp³-hybridized carbons (Fsp3) is 0.353. The van der Waals surface area contributed by atoms with Crippen LogP contribution in [0.4, 0.5) is 0 Å². The monoisotopic (exact) mass is 310 g/mol. The highest BCUT2D eigenvalue weighted by atomic mass is 16.5. The van der Waals surface area contributed by atoms with Gasteiger partial charge in [-0.05, 0) is 31.0 Å². The first-order chi connectivity index (χ1) is 11.2. The largest absolute Gasteiger partial charge is 0.372 e. The second-order valence-corrected chi connectivity index (χ2v) is 5.68. The van der Waals surface area contributed by atoms with Gasteiger partial charge in [-0.3, -0.25) is 4.79 Å². The predicted octanol–water partition coefficient (Wildman–Crippen LogP) is 1.94. The zero-order valence-corrected chi connectivity index (χ0v) is 12.9. The van der Waals surface area contributed by atoms with Crippen molar-refractivity contribution in [3.05, 3.63) is 53.6 Å². The van der Waals surface area contributed by atoms with Crippen molar-refractivity contribution in [3.63, 3.8) is 0 Å². The van der Waals surface area contributed by atoms with Gasteiger partial charge in [0.1, 0.15) is 6.10 Å². The van der Waals surface area contributed by atoms with Crippen LogP contribution in [0.15, 0.2) is 36.8 Å². The van der Waals surface area contributed by atoms with Crippen LogP contribution in [0.2, 0.25) is 0 Å². The van der Waals surface area contributed by atoms with Gasteiger partial charge >= 0.3 is 0 Å². The van der Waals surface area contributed by atoms with E-state index in [1.165, 1.54) is 0 Å². The molecule has 2 atom stereocenters. The molecule has 118 valence electrons. The molecule has 0 saturated carbocycles. The minimum Gasteiger partial charge on any atom is -0.372 e. The molecule has 1 aromatic carbocycles. The Balaban J connectivity index is 1.66. The van der Waals surface area contributed by atoms with E-state index in [9.17, 15) is 4.79 Å². The Hall–Kier alpha value is -2.65. The Labute approximate surface area is 134 Å². The van der Waals surface area contributed by atoms with Gasteiger partial charge in [-0.2, -0.15) is 5.26 Å². The number of ether oxygens (including phenoxy) is 1. The molecule has 2 aromatic rings. The number of imidazole rings is 1. The van der Waals surface area contributed by atoms with E-state index in [2.05, 4.69) is 10.3 Å². The van der Waals surface area contributed by atoms with E-state index in [1.807, 2.05) is 17.7 Å². The van der Waals surface area contributed by atoms with Gasteiger partial charge in [0.2, 0.25) is 0 Å². The number of carbonyl (C=O) groups is 1. The molecule has 23 heavy (non-hydrogen) atoms. The molecule has 0 unspecified atom stereocenters. The summed E-state index contributed by atoms with van der Waals surface area (Å²) in [4.78, 5) is 16.5. The van der Waals surface area contributed by atoms with E-state index in [0.29, 0.717) is 24.2 Å². The number of carbonyl (C=O) groups excluding carboxylic acids is 1. The molecule has 6 heteroatoms. The lowest BCUT2D eigenvalue weighted by Crippen LogP contribution is -2.40. The summed E-state index contributed by atoms with van der Waals surface area (Å²) >= 11 is 0. The molecule has 1 amide bonds. The minimum atomic E-state index is -0.155. The van der Waals surface area contributed by atoms with Crippen LogP contribution < -0.4 is 5.32 Å². The summed E-state index contributed by atoms with van der Waals surface area (Å²) in [6, 6.07) is 8.81. The first kappa shape index (κ1) is 15.3. The normalized spacial score (nSPS) is 20.7. The van der Waals surface area contributed by atoms with Crippen molar-refractivity contribution in [2.45, 2.75) is 25.0 Å². The molecular weight excluding hydrogens is 292 g/mol. The van der Waals surface area contributed by atoms with Crippen molar-refractivity contribution >= 4 is 5.91 Å². The number of rotatable bonds is 3. The Morgan fingerprint density at radius 2 is 2.39 bits per heavy atom. The number of aromatic nitrogens is 2. The van der Waals surface area contributed by atoms with E-state index in [4.69, 9.17) is 10.00 Å². The summed E-state index contributed by atoms with van der Waals surface area (Å²) in [5.74, 6) is -0.155. The van der Waals surface area contributed by atoms with Gasteiger partial charge in [0.15, 0.2) is 0 Å². The summed E-state index contributed by atoms with van der Waals surface area (Å²) in [5.41, 5.74) is 2.00. The van der Waals surface area contributed by atoms with Crippen LogP contribution in [0.3, 0.4) is 0 Å².